The number of rotatable bonds is 6. The second kappa shape index (κ2) is 7.01. The Labute approximate surface area is 100 Å². The molecule has 0 aliphatic carbocycles. The summed E-state index contributed by atoms with van der Waals surface area (Å²) in [6.45, 7) is 0.641. The van der Waals surface area contributed by atoms with Gasteiger partial charge in [-0.25, -0.2) is 4.79 Å². The summed E-state index contributed by atoms with van der Waals surface area (Å²) in [5, 5.41) is 20.7. The van der Waals surface area contributed by atoms with E-state index in [0.717, 1.165) is 5.56 Å². The fourth-order valence-electron chi connectivity index (χ4n) is 1.32. The van der Waals surface area contributed by atoms with Crippen molar-refractivity contribution in [2.75, 3.05) is 20.3 Å². The van der Waals surface area contributed by atoms with Crippen LogP contribution in [0, 0.1) is 0 Å². The standard InChI is InChI=1S/C12H17NO4/c1-17-12(16)10-4-2-9(3-5-10)6-13-7-11(15)8-14/h2-5,11,13-15H,6-8H2,1H3/t11-/m1/s1. The Kier molecular flexibility index (Phi) is 5.62. The molecule has 5 nitrogen and oxygen atoms in total. The Morgan fingerprint density at radius 1 is 1.41 bits per heavy atom. The van der Waals surface area contributed by atoms with Crippen LogP contribution in [-0.2, 0) is 11.3 Å². The fourth-order valence-corrected chi connectivity index (χ4v) is 1.32. The minimum atomic E-state index is -0.746. The molecule has 17 heavy (non-hydrogen) atoms. The number of aliphatic hydroxyl groups is 2. The van der Waals surface area contributed by atoms with E-state index in [0.29, 0.717) is 18.7 Å². The highest BCUT2D eigenvalue weighted by Gasteiger charge is 2.04. The molecule has 0 fully saturated rings. The van der Waals surface area contributed by atoms with Gasteiger partial charge in [0.1, 0.15) is 0 Å². The molecule has 1 aromatic rings. The average molecular weight is 239 g/mol. The van der Waals surface area contributed by atoms with Gasteiger partial charge in [0.05, 0.1) is 25.4 Å². The van der Waals surface area contributed by atoms with E-state index in [1.807, 2.05) is 12.1 Å². The van der Waals surface area contributed by atoms with Crippen LogP contribution < -0.4 is 5.32 Å². The van der Waals surface area contributed by atoms with Gasteiger partial charge < -0.3 is 20.3 Å². The first kappa shape index (κ1) is 13.6. The first-order valence-corrected chi connectivity index (χ1v) is 5.34. The maximum Gasteiger partial charge on any atom is 0.337 e. The van der Waals surface area contributed by atoms with Gasteiger partial charge in [0, 0.05) is 13.1 Å². The van der Waals surface area contributed by atoms with Crippen LogP contribution in [0.4, 0.5) is 0 Å². The van der Waals surface area contributed by atoms with Crippen molar-refractivity contribution in [3.63, 3.8) is 0 Å². The van der Waals surface area contributed by atoms with Crippen molar-refractivity contribution in [1.82, 2.24) is 5.32 Å². The van der Waals surface area contributed by atoms with E-state index in [-0.39, 0.29) is 12.6 Å². The van der Waals surface area contributed by atoms with Crippen LogP contribution in [0.5, 0.6) is 0 Å². The van der Waals surface area contributed by atoms with Crippen molar-refractivity contribution in [1.29, 1.82) is 0 Å². The molecular formula is C12H17NO4. The minimum absolute atomic E-state index is 0.256. The number of esters is 1. The Morgan fingerprint density at radius 2 is 2.06 bits per heavy atom. The van der Waals surface area contributed by atoms with Crippen molar-refractivity contribution in [3.05, 3.63) is 35.4 Å². The SMILES string of the molecule is COC(=O)c1ccc(CNC[C@@H](O)CO)cc1. The van der Waals surface area contributed by atoms with Gasteiger partial charge >= 0.3 is 5.97 Å². The third kappa shape index (κ3) is 4.52. The lowest BCUT2D eigenvalue weighted by molar-refractivity contribution is 0.0600. The molecule has 1 atom stereocenters. The van der Waals surface area contributed by atoms with E-state index >= 15 is 0 Å². The Bertz CT molecular complexity index is 350. The largest absolute Gasteiger partial charge is 0.465 e. The second-order valence-corrected chi connectivity index (χ2v) is 3.66. The van der Waals surface area contributed by atoms with Crippen molar-refractivity contribution < 1.29 is 19.7 Å². The zero-order chi connectivity index (χ0) is 12.7. The zero-order valence-corrected chi connectivity index (χ0v) is 9.72. The summed E-state index contributed by atoms with van der Waals surface area (Å²) >= 11 is 0. The molecule has 0 unspecified atom stereocenters. The van der Waals surface area contributed by atoms with Crippen LogP contribution in [0.3, 0.4) is 0 Å². The van der Waals surface area contributed by atoms with Crippen molar-refractivity contribution in [2.45, 2.75) is 12.6 Å². The monoisotopic (exact) mass is 239 g/mol. The van der Waals surface area contributed by atoms with Crippen LogP contribution in [-0.4, -0.2) is 42.5 Å². The lowest BCUT2D eigenvalue weighted by Gasteiger charge is -2.09. The number of hydrogen-bond acceptors (Lipinski definition) is 5. The molecule has 0 heterocycles. The highest BCUT2D eigenvalue weighted by atomic mass is 16.5. The van der Waals surface area contributed by atoms with E-state index in [9.17, 15) is 4.79 Å². The van der Waals surface area contributed by atoms with E-state index in [4.69, 9.17) is 10.2 Å². The predicted octanol–water partition coefficient (Wildman–Crippen LogP) is -0.0840. The molecule has 0 aromatic heterocycles. The van der Waals surface area contributed by atoms with Gasteiger partial charge in [-0.15, -0.1) is 0 Å². The van der Waals surface area contributed by atoms with Crippen molar-refractivity contribution in [3.8, 4) is 0 Å². The first-order valence-electron chi connectivity index (χ1n) is 5.34. The molecule has 0 aliphatic heterocycles. The molecule has 0 aliphatic rings. The first-order chi connectivity index (χ1) is 8.17. The van der Waals surface area contributed by atoms with Gasteiger partial charge in [0.15, 0.2) is 0 Å². The number of carbonyl (C=O) groups is 1. The van der Waals surface area contributed by atoms with Crippen LogP contribution in [0.25, 0.3) is 0 Å². The van der Waals surface area contributed by atoms with Crippen LogP contribution >= 0.6 is 0 Å². The number of benzene rings is 1. The number of carbonyl (C=O) groups excluding carboxylic acids is 1. The molecule has 0 saturated carbocycles. The number of ether oxygens (including phenoxy) is 1. The van der Waals surface area contributed by atoms with Gasteiger partial charge in [0.25, 0.3) is 0 Å². The molecule has 3 N–H and O–H groups in total. The average Bonchev–Trinajstić information content (AvgIpc) is 2.38. The summed E-state index contributed by atoms with van der Waals surface area (Å²) in [6.07, 6.45) is -0.746. The minimum Gasteiger partial charge on any atom is -0.465 e. The Balaban J connectivity index is 2.43. The predicted molar refractivity (Wildman–Crippen MR) is 62.6 cm³/mol. The van der Waals surface area contributed by atoms with Gasteiger partial charge in [0.2, 0.25) is 0 Å². The number of nitrogens with one attached hydrogen (secondary N) is 1. The molecule has 0 radical (unpaired) electrons. The Hall–Kier alpha value is -1.43. The molecule has 1 rings (SSSR count). The maximum absolute atomic E-state index is 11.2. The number of hydrogen-bond donors (Lipinski definition) is 3. The lowest BCUT2D eigenvalue weighted by Crippen LogP contribution is -2.28. The summed E-state index contributed by atoms with van der Waals surface area (Å²) in [6, 6.07) is 6.99. The van der Waals surface area contributed by atoms with Crippen molar-refractivity contribution in [2.24, 2.45) is 0 Å². The van der Waals surface area contributed by atoms with Gasteiger partial charge in [-0.2, -0.15) is 0 Å². The Morgan fingerprint density at radius 3 is 2.59 bits per heavy atom. The molecular weight excluding hydrogens is 222 g/mol. The molecule has 0 saturated heterocycles. The van der Waals surface area contributed by atoms with Gasteiger partial charge in [-0.1, -0.05) is 12.1 Å². The zero-order valence-electron chi connectivity index (χ0n) is 9.72. The van der Waals surface area contributed by atoms with Crippen LogP contribution in [0.15, 0.2) is 24.3 Å². The summed E-state index contributed by atoms with van der Waals surface area (Å²) in [5.41, 5.74) is 1.49. The highest BCUT2D eigenvalue weighted by Crippen LogP contribution is 2.05. The molecule has 1 aromatic carbocycles. The number of aliphatic hydroxyl groups excluding tert-OH is 2. The quantitative estimate of drug-likeness (QED) is 0.605. The van der Waals surface area contributed by atoms with Gasteiger partial charge in [-0.05, 0) is 17.7 Å². The van der Waals surface area contributed by atoms with Crippen LogP contribution in [0.1, 0.15) is 15.9 Å². The molecule has 0 amide bonds. The van der Waals surface area contributed by atoms with Crippen LogP contribution in [0.2, 0.25) is 0 Å². The smallest absolute Gasteiger partial charge is 0.337 e. The summed E-state index contributed by atoms with van der Waals surface area (Å²) in [5.74, 6) is -0.361. The topological polar surface area (TPSA) is 78.8 Å². The summed E-state index contributed by atoms with van der Waals surface area (Å²) in [4.78, 5) is 11.2. The third-order valence-corrected chi connectivity index (χ3v) is 2.29. The summed E-state index contributed by atoms with van der Waals surface area (Å²) in [7, 11) is 1.34. The van der Waals surface area contributed by atoms with E-state index < -0.39 is 6.10 Å². The molecule has 0 bridgehead atoms. The fraction of sp³-hybridized carbons (Fsp3) is 0.417. The van der Waals surface area contributed by atoms with E-state index in [1.54, 1.807) is 12.1 Å². The van der Waals surface area contributed by atoms with Crippen molar-refractivity contribution >= 4 is 5.97 Å². The normalized spacial score (nSPS) is 12.2. The molecule has 0 spiro atoms. The summed E-state index contributed by atoms with van der Waals surface area (Å²) < 4.78 is 4.59. The number of methoxy groups -OCH3 is 1. The van der Waals surface area contributed by atoms with Gasteiger partial charge in [-0.3, -0.25) is 0 Å². The second-order valence-electron chi connectivity index (χ2n) is 3.66. The molecule has 5 heteroatoms. The van der Waals surface area contributed by atoms with E-state index in [1.165, 1.54) is 7.11 Å². The molecule has 94 valence electrons. The van der Waals surface area contributed by atoms with E-state index in [2.05, 4.69) is 10.1 Å². The highest BCUT2D eigenvalue weighted by molar-refractivity contribution is 5.89. The lowest BCUT2D eigenvalue weighted by atomic mass is 10.1. The third-order valence-electron chi connectivity index (χ3n) is 2.29. The maximum atomic E-state index is 11.2.